The number of phenols is 1. The van der Waals surface area contributed by atoms with E-state index in [-0.39, 0.29) is 11.7 Å². The van der Waals surface area contributed by atoms with Crippen LogP contribution < -0.4 is 14.8 Å². The lowest BCUT2D eigenvalue weighted by atomic mass is 9.76. The molecule has 2 saturated carbocycles. The van der Waals surface area contributed by atoms with Crippen molar-refractivity contribution in [1.82, 2.24) is 19.9 Å². The highest BCUT2D eigenvalue weighted by atomic mass is 16.5. The molecule has 2 fully saturated rings. The molecule has 3 N–H and O–H groups in total. The van der Waals surface area contributed by atoms with Crippen molar-refractivity contribution in [3.8, 4) is 28.5 Å². The van der Waals surface area contributed by atoms with Crippen LogP contribution in [0.15, 0.2) is 54.6 Å². The number of carbonyl (C=O) groups is 1. The maximum absolute atomic E-state index is 13.9. The second-order valence-corrected chi connectivity index (χ2v) is 12.4. The Hall–Kier alpha value is -4.46. The van der Waals surface area contributed by atoms with Gasteiger partial charge in [0.25, 0.3) is 5.91 Å². The highest BCUT2D eigenvalue weighted by molar-refractivity contribution is 6.01. The lowest BCUT2D eigenvalue weighted by Crippen LogP contribution is -2.51. The molecule has 0 saturated heterocycles. The predicted molar refractivity (Wildman–Crippen MR) is 166 cm³/mol. The number of carbonyl (C=O) groups excluding carboxylic acids is 1. The number of H-pyrrole nitrogens is 1. The third kappa shape index (κ3) is 4.26. The molecule has 3 heterocycles. The molecule has 8 heteroatoms. The Labute approximate surface area is 250 Å². The van der Waals surface area contributed by atoms with Gasteiger partial charge in [-0.25, -0.2) is 4.98 Å². The number of hydrogen-bond donors (Lipinski definition) is 3. The van der Waals surface area contributed by atoms with E-state index in [9.17, 15) is 9.90 Å². The Morgan fingerprint density at radius 2 is 1.93 bits per heavy atom. The van der Waals surface area contributed by atoms with Gasteiger partial charge in [-0.1, -0.05) is 25.3 Å². The van der Waals surface area contributed by atoms with Crippen LogP contribution in [0.5, 0.6) is 17.2 Å². The van der Waals surface area contributed by atoms with E-state index in [0.717, 1.165) is 58.7 Å². The van der Waals surface area contributed by atoms with Crippen LogP contribution in [0.1, 0.15) is 79.0 Å². The van der Waals surface area contributed by atoms with Crippen LogP contribution in [0.4, 0.5) is 0 Å². The van der Waals surface area contributed by atoms with Crippen LogP contribution >= 0.6 is 0 Å². The van der Waals surface area contributed by atoms with Gasteiger partial charge >= 0.3 is 0 Å². The largest absolute Gasteiger partial charge is 0.508 e. The van der Waals surface area contributed by atoms with Gasteiger partial charge in [0.1, 0.15) is 29.7 Å². The number of phenolic OH excluding ortho intramolecular Hbond substituents is 1. The highest BCUT2D eigenvalue weighted by Gasteiger charge is 2.43. The van der Waals surface area contributed by atoms with Crippen molar-refractivity contribution >= 4 is 27.8 Å². The SMILES string of the molecule is COc1ccc2c(c1)OCCn1c-2c(C2CCCCC2)c2ccc(C(=O)NC3(c4nc5ccc(O)cc5[nH]4)CCC3)cc21. The van der Waals surface area contributed by atoms with E-state index in [2.05, 4.69) is 33.1 Å². The summed E-state index contributed by atoms with van der Waals surface area (Å²) in [4.78, 5) is 22.1. The molecule has 0 atom stereocenters. The van der Waals surface area contributed by atoms with Crippen LogP contribution in [-0.4, -0.2) is 39.3 Å². The number of aromatic hydroxyl groups is 1. The first-order valence-electron chi connectivity index (χ1n) is 15.5. The van der Waals surface area contributed by atoms with Gasteiger partial charge in [-0.05, 0) is 80.0 Å². The number of nitrogens with zero attached hydrogens (tertiary/aromatic N) is 2. The van der Waals surface area contributed by atoms with Crippen molar-refractivity contribution < 1.29 is 19.4 Å². The molecule has 0 unspecified atom stereocenters. The van der Waals surface area contributed by atoms with E-state index >= 15 is 0 Å². The van der Waals surface area contributed by atoms with Gasteiger partial charge in [0.15, 0.2) is 0 Å². The molecule has 5 aromatic rings. The Bertz CT molecular complexity index is 1880. The third-order valence-corrected chi connectivity index (χ3v) is 9.87. The minimum absolute atomic E-state index is 0.102. The molecule has 2 aliphatic carbocycles. The number of hydrogen-bond acceptors (Lipinski definition) is 5. The molecule has 1 amide bonds. The predicted octanol–water partition coefficient (Wildman–Crippen LogP) is 7.15. The van der Waals surface area contributed by atoms with Gasteiger partial charge in [0.05, 0.1) is 35.9 Å². The number of fused-ring (bicyclic) bond motifs is 6. The van der Waals surface area contributed by atoms with Crippen LogP contribution in [0.2, 0.25) is 0 Å². The molecule has 220 valence electrons. The van der Waals surface area contributed by atoms with E-state index in [0.29, 0.717) is 24.6 Å². The van der Waals surface area contributed by atoms with E-state index < -0.39 is 5.54 Å². The summed E-state index contributed by atoms with van der Waals surface area (Å²) in [5.41, 5.74) is 6.42. The summed E-state index contributed by atoms with van der Waals surface area (Å²) < 4.78 is 14.2. The molecular formula is C35H36N4O4. The minimum atomic E-state index is -0.546. The molecule has 8 rings (SSSR count). The second kappa shape index (κ2) is 10.1. The van der Waals surface area contributed by atoms with E-state index in [1.807, 2.05) is 18.2 Å². The highest BCUT2D eigenvalue weighted by Crippen LogP contribution is 2.48. The Morgan fingerprint density at radius 3 is 2.72 bits per heavy atom. The molecular weight excluding hydrogens is 540 g/mol. The number of amides is 1. The standard InChI is InChI=1S/C35H36N4O4/c1-42-24-10-12-26-30(20-24)43-17-16-39-29-18-22(8-11-25(29)31(32(26)39)21-6-3-2-4-7-21)33(41)38-35(14-5-15-35)34-36-27-13-9-23(40)19-28(27)37-34/h8-13,18-21,40H,2-7,14-17H2,1H3,(H,36,37)(H,38,41). The van der Waals surface area contributed by atoms with E-state index in [1.165, 1.54) is 48.7 Å². The summed E-state index contributed by atoms with van der Waals surface area (Å²) >= 11 is 0. The number of nitrogens with one attached hydrogen (secondary N) is 2. The van der Waals surface area contributed by atoms with E-state index in [4.69, 9.17) is 14.5 Å². The normalized spacial score (nSPS) is 17.9. The summed E-state index contributed by atoms with van der Waals surface area (Å²) in [7, 11) is 1.68. The fourth-order valence-corrected chi connectivity index (χ4v) is 7.50. The van der Waals surface area contributed by atoms with Crippen molar-refractivity contribution in [2.45, 2.75) is 69.4 Å². The van der Waals surface area contributed by atoms with Gasteiger partial charge in [-0.15, -0.1) is 0 Å². The molecule has 3 aliphatic rings. The average Bonchev–Trinajstić information content (AvgIpc) is 3.51. The Kier molecular flexibility index (Phi) is 6.13. The number of aromatic nitrogens is 3. The molecule has 3 aromatic carbocycles. The molecule has 0 spiro atoms. The van der Waals surface area contributed by atoms with Crippen molar-refractivity contribution in [3.63, 3.8) is 0 Å². The molecule has 2 aromatic heterocycles. The zero-order valence-electron chi connectivity index (χ0n) is 24.4. The van der Waals surface area contributed by atoms with Gasteiger partial charge < -0.3 is 29.4 Å². The maximum Gasteiger partial charge on any atom is 0.252 e. The number of aromatic amines is 1. The summed E-state index contributed by atoms with van der Waals surface area (Å²) in [5, 5.41) is 14.5. The topological polar surface area (TPSA) is 101 Å². The summed E-state index contributed by atoms with van der Waals surface area (Å²) in [6, 6.07) is 17.4. The van der Waals surface area contributed by atoms with Gasteiger partial charge in [-0.2, -0.15) is 0 Å². The van der Waals surface area contributed by atoms with Crippen molar-refractivity contribution in [3.05, 3.63) is 71.5 Å². The number of rotatable bonds is 5. The monoisotopic (exact) mass is 576 g/mol. The first kappa shape index (κ1) is 26.2. The molecule has 1 aliphatic heterocycles. The molecule has 8 nitrogen and oxygen atoms in total. The number of methoxy groups -OCH3 is 1. The maximum atomic E-state index is 13.9. The zero-order chi connectivity index (χ0) is 29.1. The van der Waals surface area contributed by atoms with E-state index in [1.54, 1.807) is 25.3 Å². The van der Waals surface area contributed by atoms with Gasteiger partial charge in [-0.3, -0.25) is 4.79 Å². The zero-order valence-corrected chi connectivity index (χ0v) is 24.4. The summed E-state index contributed by atoms with van der Waals surface area (Å²) in [5.74, 6) is 2.94. The van der Waals surface area contributed by atoms with Crippen molar-refractivity contribution in [2.75, 3.05) is 13.7 Å². The molecule has 0 radical (unpaired) electrons. The second-order valence-electron chi connectivity index (χ2n) is 12.4. The Morgan fingerprint density at radius 1 is 1.07 bits per heavy atom. The first-order chi connectivity index (χ1) is 21.0. The molecule has 0 bridgehead atoms. The summed E-state index contributed by atoms with van der Waals surface area (Å²) in [6.07, 6.45) is 8.78. The number of imidazole rings is 1. The number of ether oxygens (including phenoxy) is 2. The average molecular weight is 577 g/mol. The minimum Gasteiger partial charge on any atom is -0.508 e. The van der Waals surface area contributed by atoms with Crippen LogP contribution in [0, 0.1) is 0 Å². The lowest BCUT2D eigenvalue weighted by molar-refractivity contribution is 0.0811. The van der Waals surface area contributed by atoms with Crippen LogP contribution in [-0.2, 0) is 12.1 Å². The fraction of sp³-hybridized carbons (Fsp3) is 0.371. The first-order valence-corrected chi connectivity index (χ1v) is 15.5. The van der Waals surface area contributed by atoms with Gasteiger partial charge in [0, 0.05) is 34.2 Å². The lowest BCUT2D eigenvalue weighted by Gasteiger charge is -2.40. The summed E-state index contributed by atoms with van der Waals surface area (Å²) in [6.45, 7) is 1.25. The molecule has 43 heavy (non-hydrogen) atoms. The smallest absolute Gasteiger partial charge is 0.252 e. The van der Waals surface area contributed by atoms with Crippen molar-refractivity contribution in [2.24, 2.45) is 0 Å². The van der Waals surface area contributed by atoms with Crippen LogP contribution in [0.3, 0.4) is 0 Å². The number of benzene rings is 3. The quantitative estimate of drug-likeness (QED) is 0.206. The Balaban J connectivity index is 1.21. The third-order valence-electron chi connectivity index (χ3n) is 9.87. The van der Waals surface area contributed by atoms with Crippen LogP contribution in [0.25, 0.3) is 33.2 Å². The van der Waals surface area contributed by atoms with Gasteiger partial charge in [0.2, 0.25) is 0 Å². The fourth-order valence-electron chi connectivity index (χ4n) is 7.50. The van der Waals surface area contributed by atoms with Crippen molar-refractivity contribution in [1.29, 1.82) is 0 Å².